The fraction of sp³-hybridized carbons (Fsp3) is 0.500. The highest BCUT2D eigenvalue weighted by molar-refractivity contribution is 5.79. The van der Waals surface area contributed by atoms with Gasteiger partial charge in [-0.3, -0.25) is 4.79 Å². The molecule has 3 heteroatoms. The molecule has 0 spiro atoms. The van der Waals surface area contributed by atoms with Gasteiger partial charge in [-0.15, -0.1) is 0 Å². The molecule has 1 aromatic carbocycles. The van der Waals surface area contributed by atoms with E-state index in [1.54, 1.807) is 6.92 Å². The quantitative estimate of drug-likeness (QED) is 0.826. The Kier molecular flexibility index (Phi) is 3.79. The highest BCUT2D eigenvalue weighted by Gasteiger charge is 2.24. The van der Waals surface area contributed by atoms with Gasteiger partial charge >= 0.3 is 0 Å². The largest absolute Gasteiger partial charge is 0.392 e. The third kappa shape index (κ3) is 3.07. The van der Waals surface area contributed by atoms with Crippen molar-refractivity contribution < 1.29 is 9.90 Å². The first-order valence-corrected chi connectivity index (χ1v) is 6.19. The number of benzene rings is 1. The monoisotopic (exact) mass is 233 g/mol. The molecule has 92 valence electrons. The Labute approximate surface area is 102 Å². The van der Waals surface area contributed by atoms with Crippen LogP contribution < -0.4 is 5.32 Å². The van der Waals surface area contributed by atoms with Gasteiger partial charge in [0.1, 0.15) is 0 Å². The minimum absolute atomic E-state index is 0.0589. The molecule has 2 unspecified atom stereocenters. The molecule has 1 amide bonds. The molecule has 0 aromatic heterocycles. The minimum atomic E-state index is -0.477. The lowest BCUT2D eigenvalue weighted by Gasteiger charge is -2.24. The van der Waals surface area contributed by atoms with Crippen LogP contribution >= 0.6 is 0 Å². The smallest absolute Gasteiger partial charge is 0.223 e. The number of hydrogen-bond acceptors (Lipinski definition) is 2. The predicted molar refractivity (Wildman–Crippen MR) is 66.6 cm³/mol. The molecule has 0 bridgehead atoms. The predicted octanol–water partition coefficient (Wildman–Crippen LogP) is 1.29. The Morgan fingerprint density at radius 2 is 2.18 bits per heavy atom. The van der Waals surface area contributed by atoms with Crippen LogP contribution in [0.25, 0.3) is 0 Å². The summed E-state index contributed by atoms with van der Waals surface area (Å²) in [5.74, 6) is 0.129. The van der Waals surface area contributed by atoms with Crippen molar-refractivity contribution in [3.05, 3.63) is 35.4 Å². The zero-order valence-corrected chi connectivity index (χ0v) is 10.1. The van der Waals surface area contributed by atoms with Gasteiger partial charge in [-0.05, 0) is 37.3 Å². The molecular weight excluding hydrogens is 214 g/mol. The number of aliphatic hydroxyl groups is 1. The molecule has 0 fully saturated rings. The van der Waals surface area contributed by atoms with Crippen molar-refractivity contribution in [1.82, 2.24) is 5.32 Å². The van der Waals surface area contributed by atoms with Gasteiger partial charge in [0, 0.05) is 12.5 Å². The van der Waals surface area contributed by atoms with Crippen LogP contribution in [0.5, 0.6) is 0 Å². The maximum absolute atomic E-state index is 11.9. The topological polar surface area (TPSA) is 49.3 Å². The van der Waals surface area contributed by atoms with Crippen molar-refractivity contribution >= 4 is 5.91 Å². The third-order valence-corrected chi connectivity index (χ3v) is 3.29. The van der Waals surface area contributed by atoms with Gasteiger partial charge < -0.3 is 10.4 Å². The number of carbonyl (C=O) groups is 1. The number of nitrogens with one attached hydrogen (secondary N) is 1. The average Bonchev–Trinajstić information content (AvgIpc) is 2.35. The van der Waals surface area contributed by atoms with Gasteiger partial charge in [0.05, 0.1) is 6.10 Å². The van der Waals surface area contributed by atoms with E-state index in [2.05, 4.69) is 17.4 Å². The summed E-state index contributed by atoms with van der Waals surface area (Å²) >= 11 is 0. The Bertz CT molecular complexity index is 401. The number of carbonyl (C=O) groups excluding carboxylic acids is 1. The van der Waals surface area contributed by atoms with E-state index in [4.69, 9.17) is 5.11 Å². The third-order valence-electron chi connectivity index (χ3n) is 3.29. The summed E-state index contributed by atoms with van der Waals surface area (Å²) in [4.78, 5) is 11.9. The standard InChI is InChI=1S/C14H19NO2/c1-10(16)9-15-14(17)13-7-6-11-4-2-3-5-12(11)8-13/h2-5,10,13,16H,6-9H2,1H3,(H,15,17). The van der Waals surface area contributed by atoms with E-state index in [9.17, 15) is 4.79 Å². The lowest BCUT2D eigenvalue weighted by Crippen LogP contribution is -2.37. The minimum Gasteiger partial charge on any atom is -0.392 e. The molecule has 1 aliphatic rings. The molecule has 1 aliphatic carbocycles. The SMILES string of the molecule is CC(O)CNC(=O)C1CCc2ccccc2C1. The zero-order chi connectivity index (χ0) is 12.3. The molecule has 0 saturated heterocycles. The van der Waals surface area contributed by atoms with E-state index in [1.165, 1.54) is 11.1 Å². The summed E-state index contributed by atoms with van der Waals surface area (Å²) in [5.41, 5.74) is 2.66. The van der Waals surface area contributed by atoms with Crippen LogP contribution in [0.1, 0.15) is 24.5 Å². The number of rotatable bonds is 3. The van der Waals surface area contributed by atoms with Gasteiger partial charge in [-0.25, -0.2) is 0 Å². The highest BCUT2D eigenvalue weighted by atomic mass is 16.3. The van der Waals surface area contributed by atoms with Gasteiger partial charge in [-0.2, -0.15) is 0 Å². The second kappa shape index (κ2) is 5.32. The van der Waals surface area contributed by atoms with E-state index in [0.717, 1.165) is 19.3 Å². The molecule has 0 heterocycles. The molecule has 17 heavy (non-hydrogen) atoms. The van der Waals surface area contributed by atoms with Crippen LogP contribution in [0.4, 0.5) is 0 Å². The first-order chi connectivity index (χ1) is 8.16. The number of hydrogen-bond donors (Lipinski definition) is 2. The zero-order valence-electron chi connectivity index (χ0n) is 10.1. The second-order valence-corrected chi connectivity index (χ2v) is 4.80. The van der Waals surface area contributed by atoms with Gasteiger partial charge in [-0.1, -0.05) is 24.3 Å². The Morgan fingerprint density at radius 1 is 1.47 bits per heavy atom. The molecule has 2 atom stereocenters. The Balaban J connectivity index is 1.95. The second-order valence-electron chi connectivity index (χ2n) is 4.80. The average molecular weight is 233 g/mol. The van der Waals surface area contributed by atoms with E-state index in [-0.39, 0.29) is 11.8 Å². The van der Waals surface area contributed by atoms with Crippen molar-refractivity contribution in [2.45, 2.75) is 32.3 Å². The van der Waals surface area contributed by atoms with E-state index in [0.29, 0.717) is 6.54 Å². The summed E-state index contributed by atoms with van der Waals surface area (Å²) in [6.07, 6.45) is 2.22. The molecule has 2 N–H and O–H groups in total. The van der Waals surface area contributed by atoms with Crippen molar-refractivity contribution in [3.8, 4) is 0 Å². The van der Waals surface area contributed by atoms with Crippen molar-refractivity contribution in [1.29, 1.82) is 0 Å². The number of aliphatic hydroxyl groups excluding tert-OH is 1. The molecular formula is C14H19NO2. The maximum Gasteiger partial charge on any atom is 0.223 e. The fourth-order valence-corrected chi connectivity index (χ4v) is 2.31. The summed E-state index contributed by atoms with van der Waals surface area (Å²) in [7, 11) is 0. The first-order valence-electron chi connectivity index (χ1n) is 6.19. The lowest BCUT2D eigenvalue weighted by atomic mass is 9.83. The maximum atomic E-state index is 11.9. The van der Waals surface area contributed by atoms with Crippen LogP contribution in [0.3, 0.4) is 0 Å². The van der Waals surface area contributed by atoms with Gasteiger partial charge in [0.25, 0.3) is 0 Å². The van der Waals surface area contributed by atoms with Crippen molar-refractivity contribution in [2.24, 2.45) is 5.92 Å². The molecule has 0 aliphatic heterocycles. The van der Waals surface area contributed by atoms with E-state index < -0.39 is 6.10 Å². The summed E-state index contributed by atoms with van der Waals surface area (Å²) < 4.78 is 0. The highest BCUT2D eigenvalue weighted by Crippen LogP contribution is 2.25. The summed E-state index contributed by atoms with van der Waals surface area (Å²) in [5, 5.41) is 11.9. The number of fused-ring (bicyclic) bond motifs is 1. The lowest BCUT2D eigenvalue weighted by molar-refractivity contribution is -0.125. The van der Waals surface area contributed by atoms with Crippen molar-refractivity contribution in [3.63, 3.8) is 0 Å². The van der Waals surface area contributed by atoms with Crippen LogP contribution in [-0.4, -0.2) is 23.7 Å². The fourth-order valence-electron chi connectivity index (χ4n) is 2.31. The Hall–Kier alpha value is -1.35. The van der Waals surface area contributed by atoms with Gasteiger partial charge in [0.2, 0.25) is 5.91 Å². The van der Waals surface area contributed by atoms with Crippen LogP contribution in [0.15, 0.2) is 24.3 Å². The normalized spacial score (nSPS) is 20.5. The van der Waals surface area contributed by atoms with E-state index >= 15 is 0 Å². The molecule has 0 saturated carbocycles. The molecule has 0 radical (unpaired) electrons. The summed E-state index contributed by atoms with van der Waals surface area (Å²) in [6.45, 7) is 2.02. The first kappa shape index (κ1) is 12.1. The van der Waals surface area contributed by atoms with Gasteiger partial charge in [0.15, 0.2) is 0 Å². The molecule has 1 aromatic rings. The van der Waals surface area contributed by atoms with Crippen LogP contribution in [-0.2, 0) is 17.6 Å². The number of aryl methyl sites for hydroxylation is 1. The number of amides is 1. The van der Waals surface area contributed by atoms with Crippen LogP contribution in [0.2, 0.25) is 0 Å². The molecule has 3 nitrogen and oxygen atoms in total. The van der Waals surface area contributed by atoms with E-state index in [1.807, 2.05) is 12.1 Å². The Morgan fingerprint density at radius 3 is 2.88 bits per heavy atom. The molecule has 2 rings (SSSR count). The van der Waals surface area contributed by atoms with Crippen LogP contribution in [0, 0.1) is 5.92 Å². The van der Waals surface area contributed by atoms with Crippen molar-refractivity contribution in [2.75, 3.05) is 6.54 Å². The summed E-state index contributed by atoms with van der Waals surface area (Å²) in [6, 6.07) is 8.31.